The molecular formula is C17H21N3O4. The fraction of sp³-hybridized carbons (Fsp3) is 0.353. The van der Waals surface area contributed by atoms with Gasteiger partial charge in [-0.2, -0.15) is 10.3 Å². The minimum Gasteiger partial charge on any atom is -0.490 e. The molecule has 0 radical (unpaired) electrons. The summed E-state index contributed by atoms with van der Waals surface area (Å²) < 4.78 is 16.3. The van der Waals surface area contributed by atoms with Gasteiger partial charge in [0.1, 0.15) is 12.3 Å². The van der Waals surface area contributed by atoms with Gasteiger partial charge in [0.15, 0.2) is 17.2 Å². The van der Waals surface area contributed by atoms with Crippen LogP contribution in [0.3, 0.4) is 0 Å². The second kappa shape index (κ2) is 8.14. The number of carbonyl (C=O) groups is 1. The molecule has 0 atom stereocenters. The van der Waals surface area contributed by atoms with Crippen molar-refractivity contribution >= 4 is 5.97 Å². The average Bonchev–Trinajstić information content (AvgIpc) is 3.03. The number of aromatic nitrogens is 3. The second-order valence-electron chi connectivity index (χ2n) is 5.08. The highest BCUT2D eigenvalue weighted by atomic mass is 16.5. The Morgan fingerprint density at radius 1 is 1.17 bits per heavy atom. The maximum absolute atomic E-state index is 11.9. The molecule has 7 nitrogen and oxygen atoms in total. The Balaban J connectivity index is 2.35. The first-order chi connectivity index (χ1) is 11.6. The lowest BCUT2D eigenvalue weighted by molar-refractivity contribution is 0.0520. The molecule has 0 bridgehead atoms. The Kier molecular flexibility index (Phi) is 5.95. The van der Waals surface area contributed by atoms with E-state index in [1.807, 2.05) is 13.8 Å². The van der Waals surface area contributed by atoms with Gasteiger partial charge < -0.3 is 14.2 Å². The number of esters is 1. The Morgan fingerprint density at radius 3 is 2.62 bits per heavy atom. The lowest BCUT2D eigenvalue weighted by Crippen LogP contribution is -2.07. The number of H-pyrrole nitrogens is 1. The molecule has 7 heteroatoms. The lowest BCUT2D eigenvalue weighted by Gasteiger charge is -2.13. The normalized spacial score (nSPS) is 10.3. The number of hydrogen-bond donors (Lipinski definition) is 1. The summed E-state index contributed by atoms with van der Waals surface area (Å²) in [5.41, 5.74) is 2.12. The van der Waals surface area contributed by atoms with Crippen molar-refractivity contribution in [2.45, 2.75) is 20.8 Å². The van der Waals surface area contributed by atoms with E-state index in [9.17, 15) is 4.79 Å². The zero-order valence-corrected chi connectivity index (χ0v) is 14.1. The van der Waals surface area contributed by atoms with E-state index in [2.05, 4.69) is 22.0 Å². The number of hydrogen-bond acceptors (Lipinski definition) is 6. The number of carbonyl (C=O) groups excluding carboxylic acids is 1. The largest absolute Gasteiger partial charge is 0.490 e. The molecule has 0 unspecified atom stereocenters. The number of ether oxygens (including phenoxy) is 3. The highest BCUT2D eigenvalue weighted by Crippen LogP contribution is 2.33. The molecule has 1 heterocycles. The second-order valence-corrected chi connectivity index (χ2v) is 5.08. The van der Waals surface area contributed by atoms with E-state index in [4.69, 9.17) is 14.2 Å². The van der Waals surface area contributed by atoms with Crippen LogP contribution in [-0.2, 0) is 4.74 Å². The molecule has 1 N–H and O–H groups in total. The van der Waals surface area contributed by atoms with E-state index in [1.165, 1.54) is 0 Å². The molecule has 0 amide bonds. The molecule has 0 spiro atoms. The van der Waals surface area contributed by atoms with Crippen molar-refractivity contribution in [3.8, 4) is 22.8 Å². The SMILES string of the molecule is C=C(C)COc1ccc(-c2n[nH]nc2C(=O)OCC)cc1OCC. The lowest BCUT2D eigenvalue weighted by atomic mass is 10.1. The number of nitrogens with zero attached hydrogens (tertiary/aromatic N) is 2. The summed E-state index contributed by atoms with van der Waals surface area (Å²) in [6.07, 6.45) is 0. The predicted octanol–water partition coefficient (Wildman–Crippen LogP) is 3.00. The summed E-state index contributed by atoms with van der Waals surface area (Å²) in [6, 6.07) is 5.32. The quantitative estimate of drug-likeness (QED) is 0.591. The Labute approximate surface area is 140 Å². The predicted molar refractivity (Wildman–Crippen MR) is 89.3 cm³/mol. The van der Waals surface area contributed by atoms with Crippen LogP contribution in [0.1, 0.15) is 31.3 Å². The van der Waals surface area contributed by atoms with Gasteiger partial charge in [-0.1, -0.05) is 6.58 Å². The van der Waals surface area contributed by atoms with Crippen LogP contribution in [0.25, 0.3) is 11.3 Å². The smallest absolute Gasteiger partial charge is 0.361 e. The molecule has 0 saturated carbocycles. The average molecular weight is 331 g/mol. The van der Waals surface area contributed by atoms with Gasteiger partial charge in [-0.15, -0.1) is 5.10 Å². The van der Waals surface area contributed by atoms with Gasteiger partial charge in [-0.05, 0) is 44.5 Å². The van der Waals surface area contributed by atoms with E-state index >= 15 is 0 Å². The van der Waals surface area contributed by atoms with Crippen molar-refractivity contribution in [1.29, 1.82) is 0 Å². The summed E-state index contributed by atoms with van der Waals surface area (Å²) in [6.45, 7) is 10.5. The fourth-order valence-corrected chi connectivity index (χ4v) is 2.02. The topological polar surface area (TPSA) is 86.3 Å². The van der Waals surface area contributed by atoms with Crippen LogP contribution in [0.4, 0.5) is 0 Å². The van der Waals surface area contributed by atoms with E-state index in [0.717, 1.165) is 5.57 Å². The van der Waals surface area contributed by atoms with Gasteiger partial charge in [0.25, 0.3) is 0 Å². The van der Waals surface area contributed by atoms with Gasteiger partial charge in [0, 0.05) is 5.56 Å². The first kappa shape index (κ1) is 17.5. The molecule has 24 heavy (non-hydrogen) atoms. The summed E-state index contributed by atoms with van der Waals surface area (Å²) in [4.78, 5) is 11.9. The van der Waals surface area contributed by atoms with Crippen LogP contribution in [0.2, 0.25) is 0 Å². The Morgan fingerprint density at radius 2 is 1.96 bits per heavy atom. The highest BCUT2D eigenvalue weighted by Gasteiger charge is 2.20. The van der Waals surface area contributed by atoms with Crippen LogP contribution in [0.5, 0.6) is 11.5 Å². The van der Waals surface area contributed by atoms with Crippen LogP contribution < -0.4 is 9.47 Å². The first-order valence-electron chi connectivity index (χ1n) is 7.69. The molecule has 0 aliphatic rings. The van der Waals surface area contributed by atoms with E-state index in [0.29, 0.717) is 36.0 Å². The molecule has 1 aromatic carbocycles. The van der Waals surface area contributed by atoms with E-state index in [-0.39, 0.29) is 12.3 Å². The maximum atomic E-state index is 11.9. The first-order valence-corrected chi connectivity index (χ1v) is 7.69. The third-order valence-electron chi connectivity index (χ3n) is 3.01. The zero-order chi connectivity index (χ0) is 17.5. The van der Waals surface area contributed by atoms with Gasteiger partial charge >= 0.3 is 5.97 Å². The van der Waals surface area contributed by atoms with Gasteiger partial charge in [-0.25, -0.2) is 4.79 Å². The fourth-order valence-electron chi connectivity index (χ4n) is 2.02. The van der Waals surface area contributed by atoms with Crippen molar-refractivity contribution in [1.82, 2.24) is 15.4 Å². The standard InChI is InChI=1S/C17H21N3O4/c1-5-22-14-9-12(7-8-13(14)24-10-11(3)4)15-16(19-20-18-15)17(21)23-6-2/h7-9H,3,5-6,10H2,1-2,4H3,(H,18,19,20). The number of nitrogens with one attached hydrogen (secondary N) is 1. The molecule has 1 aromatic heterocycles. The summed E-state index contributed by atoms with van der Waals surface area (Å²) in [5.74, 6) is 0.639. The molecule has 2 rings (SSSR count). The van der Waals surface area contributed by atoms with Crippen LogP contribution in [0.15, 0.2) is 30.4 Å². The van der Waals surface area contributed by atoms with Crippen molar-refractivity contribution in [3.63, 3.8) is 0 Å². The molecule has 0 aliphatic heterocycles. The van der Waals surface area contributed by atoms with Gasteiger partial charge in [0.2, 0.25) is 0 Å². The number of rotatable bonds is 8. The molecule has 0 saturated heterocycles. The van der Waals surface area contributed by atoms with E-state index < -0.39 is 5.97 Å². The summed E-state index contributed by atoms with van der Waals surface area (Å²) >= 11 is 0. The van der Waals surface area contributed by atoms with E-state index in [1.54, 1.807) is 25.1 Å². The summed E-state index contributed by atoms with van der Waals surface area (Å²) in [7, 11) is 0. The maximum Gasteiger partial charge on any atom is 0.361 e. The van der Waals surface area contributed by atoms with Gasteiger partial charge in [-0.3, -0.25) is 0 Å². The molecule has 2 aromatic rings. The van der Waals surface area contributed by atoms with Crippen LogP contribution in [0, 0.1) is 0 Å². The van der Waals surface area contributed by atoms with Crippen LogP contribution >= 0.6 is 0 Å². The minimum atomic E-state index is -0.526. The summed E-state index contributed by atoms with van der Waals surface area (Å²) in [5, 5.41) is 10.4. The molecular weight excluding hydrogens is 310 g/mol. The van der Waals surface area contributed by atoms with Gasteiger partial charge in [0.05, 0.1) is 13.2 Å². The van der Waals surface area contributed by atoms with Crippen LogP contribution in [-0.4, -0.2) is 41.2 Å². The highest BCUT2D eigenvalue weighted by molar-refractivity contribution is 5.94. The number of benzene rings is 1. The van der Waals surface area contributed by atoms with Crippen molar-refractivity contribution in [3.05, 3.63) is 36.0 Å². The number of aromatic amines is 1. The third-order valence-corrected chi connectivity index (χ3v) is 3.01. The van der Waals surface area contributed by atoms with Crippen molar-refractivity contribution < 1.29 is 19.0 Å². The molecule has 128 valence electrons. The molecule has 0 fully saturated rings. The Bertz CT molecular complexity index is 724. The molecule has 0 aliphatic carbocycles. The zero-order valence-electron chi connectivity index (χ0n) is 14.1. The monoisotopic (exact) mass is 331 g/mol. The third kappa shape index (κ3) is 4.13. The Hall–Kier alpha value is -2.83. The minimum absolute atomic E-state index is 0.134. The van der Waals surface area contributed by atoms with Crippen molar-refractivity contribution in [2.24, 2.45) is 0 Å². The van der Waals surface area contributed by atoms with Crippen molar-refractivity contribution in [2.75, 3.05) is 19.8 Å².